The molecule has 3 heterocycles. The van der Waals surface area contributed by atoms with Gasteiger partial charge >= 0.3 is 5.69 Å². The first-order valence-electron chi connectivity index (χ1n) is 10.3. The van der Waals surface area contributed by atoms with Crippen LogP contribution in [0.4, 0.5) is 5.69 Å². The zero-order valence-corrected chi connectivity index (χ0v) is 17.3. The minimum Gasteiger partial charge on any atom is -0.448 e. The molecular weight excluding hydrogens is 400 g/mol. The summed E-state index contributed by atoms with van der Waals surface area (Å²) in [6.45, 7) is 0. The second-order valence-electron chi connectivity index (χ2n) is 8.09. The topological polar surface area (TPSA) is 104 Å². The SMILES string of the molecule is Cn1c(=O)c2cc(C(=O)Nc3ccc4c(c3)OC3(CCCCC3)O4)cnc2n(C)c1=O. The van der Waals surface area contributed by atoms with Crippen molar-refractivity contribution in [3.63, 3.8) is 0 Å². The van der Waals surface area contributed by atoms with E-state index in [9.17, 15) is 14.4 Å². The fourth-order valence-electron chi connectivity index (χ4n) is 4.26. The summed E-state index contributed by atoms with van der Waals surface area (Å²) in [5.41, 5.74) is 0.0169. The summed E-state index contributed by atoms with van der Waals surface area (Å²) in [4.78, 5) is 41.5. The molecule has 9 nitrogen and oxygen atoms in total. The Labute approximate surface area is 177 Å². The van der Waals surface area contributed by atoms with Crippen LogP contribution in [0.1, 0.15) is 42.5 Å². The Morgan fingerprint density at radius 3 is 2.55 bits per heavy atom. The third kappa shape index (κ3) is 3.17. The molecule has 2 aliphatic rings. The molecule has 1 spiro atoms. The number of carbonyl (C=O) groups excluding carboxylic acids is 1. The predicted octanol–water partition coefficient (Wildman–Crippen LogP) is 2.32. The number of anilines is 1. The lowest BCUT2D eigenvalue weighted by atomic mass is 9.94. The summed E-state index contributed by atoms with van der Waals surface area (Å²) in [7, 11) is 2.92. The van der Waals surface area contributed by atoms with E-state index in [1.165, 1.54) is 37.3 Å². The van der Waals surface area contributed by atoms with E-state index >= 15 is 0 Å². The quantitative estimate of drug-likeness (QED) is 0.680. The molecule has 1 amide bonds. The first-order valence-corrected chi connectivity index (χ1v) is 10.3. The molecular formula is C22H22N4O5. The summed E-state index contributed by atoms with van der Waals surface area (Å²) >= 11 is 0. The van der Waals surface area contributed by atoms with Crippen LogP contribution in [0.15, 0.2) is 40.1 Å². The maximum absolute atomic E-state index is 12.8. The molecule has 1 fully saturated rings. The van der Waals surface area contributed by atoms with E-state index in [1.807, 2.05) is 0 Å². The summed E-state index contributed by atoms with van der Waals surface area (Å²) < 4.78 is 14.4. The Hall–Kier alpha value is -3.62. The van der Waals surface area contributed by atoms with Crippen molar-refractivity contribution in [1.82, 2.24) is 14.1 Å². The highest BCUT2D eigenvalue weighted by Gasteiger charge is 2.42. The van der Waals surface area contributed by atoms with Gasteiger partial charge < -0.3 is 14.8 Å². The van der Waals surface area contributed by atoms with Gasteiger partial charge in [-0.3, -0.25) is 18.7 Å². The fraction of sp³-hybridized carbons (Fsp3) is 0.364. The molecule has 0 radical (unpaired) electrons. The molecule has 5 rings (SSSR count). The lowest BCUT2D eigenvalue weighted by Gasteiger charge is -2.31. The monoisotopic (exact) mass is 422 g/mol. The molecule has 31 heavy (non-hydrogen) atoms. The highest BCUT2D eigenvalue weighted by molar-refractivity contribution is 6.05. The maximum atomic E-state index is 12.8. The summed E-state index contributed by atoms with van der Waals surface area (Å²) in [6.07, 6.45) is 6.37. The van der Waals surface area contributed by atoms with Crippen LogP contribution >= 0.6 is 0 Å². The maximum Gasteiger partial charge on any atom is 0.332 e. The Morgan fingerprint density at radius 2 is 1.77 bits per heavy atom. The molecule has 1 aromatic carbocycles. The molecule has 1 saturated carbocycles. The van der Waals surface area contributed by atoms with E-state index in [2.05, 4.69) is 10.3 Å². The number of amides is 1. The number of pyridine rings is 1. The number of nitrogens with one attached hydrogen (secondary N) is 1. The number of rotatable bonds is 2. The smallest absolute Gasteiger partial charge is 0.332 e. The van der Waals surface area contributed by atoms with Crippen molar-refractivity contribution in [1.29, 1.82) is 0 Å². The van der Waals surface area contributed by atoms with Gasteiger partial charge in [0.05, 0.1) is 10.9 Å². The number of fused-ring (bicyclic) bond motifs is 2. The first-order chi connectivity index (χ1) is 14.9. The number of aromatic nitrogens is 3. The fourth-order valence-corrected chi connectivity index (χ4v) is 4.26. The van der Waals surface area contributed by atoms with Crippen LogP contribution in [0.5, 0.6) is 11.5 Å². The van der Waals surface area contributed by atoms with Gasteiger partial charge in [-0.25, -0.2) is 9.78 Å². The van der Waals surface area contributed by atoms with Gasteiger partial charge in [-0.2, -0.15) is 0 Å². The molecule has 9 heteroatoms. The summed E-state index contributed by atoms with van der Waals surface area (Å²) in [5.74, 6) is 0.287. The van der Waals surface area contributed by atoms with Crippen LogP contribution in [0, 0.1) is 0 Å². The standard InChI is InChI=1S/C22H22N4O5/c1-25-18-15(20(28)26(2)21(25)29)10-13(12-23-18)19(27)24-14-6-7-16-17(11-14)31-22(30-16)8-4-3-5-9-22/h6-7,10-12H,3-5,8-9H2,1-2H3,(H,24,27). The number of aryl methyl sites for hydroxylation is 1. The van der Waals surface area contributed by atoms with Gasteiger partial charge in [0.2, 0.25) is 0 Å². The largest absolute Gasteiger partial charge is 0.448 e. The van der Waals surface area contributed by atoms with Crippen molar-refractivity contribution in [2.45, 2.75) is 37.9 Å². The number of nitrogens with zero attached hydrogens (tertiary/aromatic N) is 3. The van der Waals surface area contributed by atoms with Gasteiger partial charge in [0.25, 0.3) is 17.3 Å². The van der Waals surface area contributed by atoms with Gasteiger partial charge in [-0.05, 0) is 31.0 Å². The van der Waals surface area contributed by atoms with Gasteiger partial charge in [0.1, 0.15) is 5.65 Å². The van der Waals surface area contributed by atoms with Crippen molar-refractivity contribution in [3.8, 4) is 11.5 Å². The molecule has 0 saturated heterocycles. The van der Waals surface area contributed by atoms with Crippen molar-refractivity contribution >= 4 is 22.6 Å². The van der Waals surface area contributed by atoms with Crippen molar-refractivity contribution in [2.75, 3.05) is 5.32 Å². The number of hydrogen-bond donors (Lipinski definition) is 1. The van der Waals surface area contributed by atoms with Crippen molar-refractivity contribution in [3.05, 3.63) is 56.9 Å². The van der Waals surface area contributed by atoms with Crippen molar-refractivity contribution < 1.29 is 14.3 Å². The number of ether oxygens (including phenoxy) is 2. The lowest BCUT2D eigenvalue weighted by molar-refractivity contribution is -0.105. The van der Waals surface area contributed by atoms with Gasteiger partial charge in [-0.1, -0.05) is 6.42 Å². The van der Waals surface area contributed by atoms with Crippen LogP contribution < -0.4 is 26.0 Å². The van der Waals surface area contributed by atoms with E-state index in [-0.39, 0.29) is 16.6 Å². The van der Waals surface area contributed by atoms with E-state index in [0.717, 1.165) is 30.3 Å². The van der Waals surface area contributed by atoms with Crippen LogP contribution in [-0.4, -0.2) is 25.8 Å². The molecule has 2 aromatic heterocycles. The Morgan fingerprint density at radius 1 is 1.03 bits per heavy atom. The first kappa shape index (κ1) is 19.3. The van der Waals surface area contributed by atoms with E-state index < -0.39 is 22.9 Å². The molecule has 1 aliphatic carbocycles. The molecule has 1 N–H and O–H groups in total. The molecule has 1 aliphatic heterocycles. The lowest BCUT2D eigenvalue weighted by Crippen LogP contribution is -2.40. The van der Waals surface area contributed by atoms with Gasteiger partial charge in [-0.15, -0.1) is 0 Å². The molecule has 0 unspecified atom stereocenters. The normalized spacial score (nSPS) is 16.6. The summed E-state index contributed by atoms with van der Waals surface area (Å²) in [5, 5.41) is 3.01. The third-order valence-electron chi connectivity index (χ3n) is 5.96. The minimum atomic E-state index is -0.582. The predicted molar refractivity (Wildman–Crippen MR) is 114 cm³/mol. The number of benzene rings is 1. The highest BCUT2D eigenvalue weighted by Crippen LogP contribution is 2.46. The van der Waals surface area contributed by atoms with Crippen molar-refractivity contribution in [2.24, 2.45) is 14.1 Å². The van der Waals surface area contributed by atoms with Crippen LogP contribution in [0.2, 0.25) is 0 Å². The molecule has 0 bridgehead atoms. The Bertz CT molecular complexity index is 1330. The van der Waals surface area contributed by atoms with Gasteiger partial charge in [0.15, 0.2) is 11.5 Å². The van der Waals surface area contributed by atoms with E-state index in [0.29, 0.717) is 17.2 Å². The minimum absolute atomic E-state index is 0.196. The zero-order valence-electron chi connectivity index (χ0n) is 17.3. The van der Waals surface area contributed by atoms with Crippen LogP contribution in [-0.2, 0) is 14.1 Å². The zero-order chi connectivity index (χ0) is 21.8. The van der Waals surface area contributed by atoms with E-state index in [1.54, 1.807) is 18.2 Å². The molecule has 3 aromatic rings. The third-order valence-corrected chi connectivity index (χ3v) is 5.96. The van der Waals surface area contributed by atoms with Crippen LogP contribution in [0.25, 0.3) is 11.0 Å². The number of hydrogen-bond acceptors (Lipinski definition) is 6. The van der Waals surface area contributed by atoms with E-state index in [4.69, 9.17) is 9.47 Å². The Kier molecular flexibility index (Phi) is 4.35. The second-order valence-corrected chi connectivity index (χ2v) is 8.09. The average molecular weight is 422 g/mol. The second kappa shape index (κ2) is 6.97. The molecule has 0 atom stereocenters. The highest BCUT2D eigenvalue weighted by atomic mass is 16.7. The number of carbonyl (C=O) groups is 1. The molecule has 160 valence electrons. The van der Waals surface area contributed by atoms with Gasteiger partial charge in [0, 0.05) is 44.9 Å². The Balaban J connectivity index is 1.41. The van der Waals surface area contributed by atoms with Crippen LogP contribution in [0.3, 0.4) is 0 Å². The summed E-state index contributed by atoms with van der Waals surface area (Å²) in [6, 6.07) is 6.73. The average Bonchev–Trinajstić information content (AvgIpc) is 3.12.